The molecule has 0 aliphatic heterocycles. The van der Waals surface area contributed by atoms with Crippen LogP contribution >= 0.6 is 0 Å². The van der Waals surface area contributed by atoms with Crippen LogP contribution in [0, 0.1) is 11.3 Å². The lowest BCUT2D eigenvalue weighted by atomic mass is 9.73. The highest BCUT2D eigenvalue weighted by Gasteiger charge is 2.33. The summed E-state index contributed by atoms with van der Waals surface area (Å²) in [4.78, 5) is 11.7. The van der Waals surface area contributed by atoms with Crippen molar-refractivity contribution in [1.29, 1.82) is 0 Å². The summed E-state index contributed by atoms with van der Waals surface area (Å²) in [5, 5.41) is 0. The van der Waals surface area contributed by atoms with Crippen molar-refractivity contribution >= 4 is 5.97 Å². The van der Waals surface area contributed by atoms with Crippen molar-refractivity contribution in [1.82, 2.24) is 0 Å². The summed E-state index contributed by atoms with van der Waals surface area (Å²) in [6.07, 6.45) is 7.03. The van der Waals surface area contributed by atoms with Gasteiger partial charge in [-0.25, -0.2) is 0 Å². The molecule has 0 N–H and O–H groups in total. The molecule has 0 aromatic carbocycles. The maximum absolute atomic E-state index is 11.7. The third-order valence-corrected chi connectivity index (χ3v) is 3.51. The largest absolute Gasteiger partial charge is 0.469 e. The van der Waals surface area contributed by atoms with Crippen molar-refractivity contribution in [3.8, 4) is 0 Å². The standard InChI is InChI=1S/C14H28O2/c1-6-8-9-10-11-14(3,4)12(7-2)13(15)16-5/h12H,6-11H2,1-5H3. The summed E-state index contributed by atoms with van der Waals surface area (Å²) < 4.78 is 4.88. The van der Waals surface area contributed by atoms with Gasteiger partial charge >= 0.3 is 5.97 Å². The van der Waals surface area contributed by atoms with Crippen molar-refractivity contribution < 1.29 is 9.53 Å². The van der Waals surface area contributed by atoms with E-state index in [1.807, 2.05) is 0 Å². The van der Waals surface area contributed by atoms with Crippen LogP contribution in [-0.2, 0) is 9.53 Å². The zero-order chi connectivity index (χ0) is 12.6. The fraction of sp³-hybridized carbons (Fsp3) is 0.929. The molecular formula is C14H28O2. The van der Waals surface area contributed by atoms with Gasteiger partial charge in [-0.15, -0.1) is 0 Å². The number of carbonyl (C=O) groups excluding carboxylic acids is 1. The van der Waals surface area contributed by atoms with E-state index in [0.29, 0.717) is 0 Å². The van der Waals surface area contributed by atoms with Crippen LogP contribution in [0.1, 0.15) is 66.2 Å². The normalized spacial score (nSPS) is 13.6. The highest BCUT2D eigenvalue weighted by Crippen LogP contribution is 2.35. The monoisotopic (exact) mass is 228 g/mol. The lowest BCUT2D eigenvalue weighted by Gasteiger charge is -2.31. The molecule has 0 rings (SSSR count). The van der Waals surface area contributed by atoms with Crippen LogP contribution in [-0.4, -0.2) is 13.1 Å². The van der Waals surface area contributed by atoms with Crippen LogP contribution in [0.15, 0.2) is 0 Å². The summed E-state index contributed by atoms with van der Waals surface area (Å²) in [5.74, 6) is -0.0119. The Morgan fingerprint density at radius 3 is 2.25 bits per heavy atom. The van der Waals surface area contributed by atoms with Crippen molar-refractivity contribution in [3.63, 3.8) is 0 Å². The van der Waals surface area contributed by atoms with Gasteiger partial charge in [-0.1, -0.05) is 53.4 Å². The molecule has 0 aliphatic carbocycles. The average Bonchev–Trinajstić information content (AvgIpc) is 2.24. The third kappa shape index (κ3) is 5.00. The first-order valence-corrected chi connectivity index (χ1v) is 6.57. The van der Waals surface area contributed by atoms with Gasteiger partial charge < -0.3 is 4.74 Å². The Labute approximate surface area is 101 Å². The fourth-order valence-electron chi connectivity index (χ4n) is 2.36. The van der Waals surface area contributed by atoms with Gasteiger partial charge in [0.1, 0.15) is 0 Å². The molecular weight excluding hydrogens is 200 g/mol. The van der Waals surface area contributed by atoms with Gasteiger partial charge in [0.15, 0.2) is 0 Å². The number of hydrogen-bond acceptors (Lipinski definition) is 2. The molecule has 2 heteroatoms. The summed E-state index contributed by atoms with van der Waals surface area (Å²) in [5.41, 5.74) is 0.0651. The number of esters is 1. The van der Waals surface area contributed by atoms with Crippen LogP contribution in [0.3, 0.4) is 0 Å². The molecule has 0 aromatic heterocycles. The van der Waals surface area contributed by atoms with E-state index in [1.54, 1.807) is 0 Å². The highest BCUT2D eigenvalue weighted by molar-refractivity contribution is 5.73. The molecule has 2 nitrogen and oxygen atoms in total. The minimum atomic E-state index is -0.0528. The van der Waals surface area contributed by atoms with Gasteiger partial charge in [0.25, 0.3) is 0 Å². The molecule has 1 unspecified atom stereocenters. The molecule has 0 spiro atoms. The fourth-order valence-corrected chi connectivity index (χ4v) is 2.36. The van der Waals surface area contributed by atoms with Crippen LogP contribution in [0.4, 0.5) is 0 Å². The van der Waals surface area contributed by atoms with E-state index in [2.05, 4.69) is 27.7 Å². The Kier molecular flexibility index (Phi) is 7.44. The quantitative estimate of drug-likeness (QED) is 0.460. The Morgan fingerprint density at radius 1 is 1.19 bits per heavy atom. The molecule has 1 atom stereocenters. The molecule has 16 heavy (non-hydrogen) atoms. The molecule has 0 saturated heterocycles. The Morgan fingerprint density at radius 2 is 1.81 bits per heavy atom. The van der Waals surface area contributed by atoms with E-state index < -0.39 is 0 Å². The van der Waals surface area contributed by atoms with Crippen molar-refractivity contribution in [2.45, 2.75) is 66.2 Å². The summed E-state index contributed by atoms with van der Waals surface area (Å²) >= 11 is 0. The van der Waals surface area contributed by atoms with Crippen molar-refractivity contribution in [2.75, 3.05) is 7.11 Å². The molecule has 0 bridgehead atoms. The summed E-state index contributed by atoms with van der Waals surface area (Å²) in [6, 6.07) is 0. The van der Waals surface area contributed by atoms with E-state index in [4.69, 9.17) is 4.74 Å². The minimum Gasteiger partial charge on any atom is -0.469 e. The molecule has 0 aromatic rings. The van der Waals surface area contributed by atoms with Gasteiger partial charge in [-0.05, 0) is 18.3 Å². The first-order valence-electron chi connectivity index (χ1n) is 6.57. The first-order chi connectivity index (χ1) is 7.49. The second-order valence-corrected chi connectivity index (χ2v) is 5.28. The Hall–Kier alpha value is -0.530. The van der Waals surface area contributed by atoms with Crippen LogP contribution < -0.4 is 0 Å². The lowest BCUT2D eigenvalue weighted by molar-refractivity contribution is -0.150. The first kappa shape index (κ1) is 15.5. The molecule has 96 valence electrons. The van der Waals surface area contributed by atoms with E-state index in [1.165, 1.54) is 32.8 Å². The predicted octanol–water partition coefficient (Wildman–Crippen LogP) is 4.18. The SMILES string of the molecule is CCCCCCC(C)(C)C(CC)C(=O)OC. The Bertz CT molecular complexity index is 197. The van der Waals surface area contributed by atoms with Crippen LogP contribution in [0.2, 0.25) is 0 Å². The second kappa shape index (κ2) is 7.70. The average molecular weight is 228 g/mol. The van der Waals surface area contributed by atoms with E-state index in [9.17, 15) is 4.79 Å². The van der Waals surface area contributed by atoms with Gasteiger partial charge in [-0.2, -0.15) is 0 Å². The minimum absolute atomic E-state index is 0.0409. The molecule has 0 saturated carbocycles. The van der Waals surface area contributed by atoms with Gasteiger partial charge in [0.2, 0.25) is 0 Å². The summed E-state index contributed by atoms with van der Waals surface area (Å²) in [6.45, 7) is 8.65. The maximum Gasteiger partial charge on any atom is 0.309 e. The van der Waals surface area contributed by atoms with Gasteiger partial charge in [-0.3, -0.25) is 4.79 Å². The van der Waals surface area contributed by atoms with E-state index in [-0.39, 0.29) is 17.3 Å². The zero-order valence-corrected chi connectivity index (χ0v) is 11.6. The third-order valence-electron chi connectivity index (χ3n) is 3.51. The second-order valence-electron chi connectivity index (χ2n) is 5.28. The predicted molar refractivity (Wildman–Crippen MR) is 68.3 cm³/mol. The molecule has 0 fully saturated rings. The number of carbonyl (C=O) groups is 1. The highest BCUT2D eigenvalue weighted by atomic mass is 16.5. The molecule has 0 amide bonds. The number of rotatable bonds is 8. The van der Waals surface area contributed by atoms with Crippen molar-refractivity contribution in [3.05, 3.63) is 0 Å². The number of hydrogen-bond donors (Lipinski definition) is 0. The van der Waals surface area contributed by atoms with Gasteiger partial charge in [0, 0.05) is 0 Å². The Balaban J connectivity index is 4.20. The van der Waals surface area contributed by atoms with Crippen LogP contribution in [0.5, 0.6) is 0 Å². The zero-order valence-electron chi connectivity index (χ0n) is 11.6. The number of methoxy groups -OCH3 is 1. The van der Waals surface area contributed by atoms with E-state index >= 15 is 0 Å². The van der Waals surface area contributed by atoms with Crippen LogP contribution in [0.25, 0.3) is 0 Å². The topological polar surface area (TPSA) is 26.3 Å². The van der Waals surface area contributed by atoms with E-state index in [0.717, 1.165) is 12.8 Å². The number of ether oxygens (including phenoxy) is 1. The smallest absolute Gasteiger partial charge is 0.309 e. The molecule has 0 aliphatic rings. The number of unbranched alkanes of at least 4 members (excludes halogenated alkanes) is 3. The summed E-state index contributed by atoms with van der Waals surface area (Å²) in [7, 11) is 1.48. The lowest BCUT2D eigenvalue weighted by Crippen LogP contribution is -2.31. The van der Waals surface area contributed by atoms with Crippen molar-refractivity contribution in [2.24, 2.45) is 11.3 Å². The van der Waals surface area contributed by atoms with Gasteiger partial charge in [0.05, 0.1) is 13.0 Å². The molecule has 0 radical (unpaired) electrons. The molecule has 0 heterocycles. The maximum atomic E-state index is 11.7.